The predicted octanol–water partition coefficient (Wildman–Crippen LogP) is 4.50. The van der Waals surface area contributed by atoms with E-state index in [-0.39, 0.29) is 5.91 Å². The number of hydrogen-bond acceptors (Lipinski definition) is 4. The van der Waals surface area contributed by atoms with Crippen molar-refractivity contribution in [3.05, 3.63) is 65.4 Å². The first-order valence-corrected chi connectivity index (χ1v) is 9.27. The van der Waals surface area contributed by atoms with E-state index >= 15 is 0 Å². The molecule has 0 atom stereocenters. The molecule has 3 rings (SSSR count). The Morgan fingerprint density at radius 1 is 1.20 bits per heavy atom. The second kappa shape index (κ2) is 8.03. The van der Waals surface area contributed by atoms with Gasteiger partial charge in [-0.05, 0) is 50.1 Å². The van der Waals surface area contributed by atoms with E-state index < -0.39 is 0 Å². The lowest BCUT2D eigenvalue weighted by Gasteiger charge is -2.21. The lowest BCUT2D eigenvalue weighted by molar-refractivity contribution is -0.118. The summed E-state index contributed by atoms with van der Waals surface area (Å²) in [5, 5.41) is 3.00. The number of benzene rings is 1. The van der Waals surface area contributed by atoms with Crippen LogP contribution in [0.3, 0.4) is 0 Å². The maximum absolute atomic E-state index is 12.6. The van der Waals surface area contributed by atoms with Crippen molar-refractivity contribution in [1.29, 1.82) is 0 Å². The third-order valence-electron chi connectivity index (χ3n) is 4.00. The van der Waals surface area contributed by atoms with Gasteiger partial charge in [-0.1, -0.05) is 12.1 Å². The number of thiazole rings is 1. The Kier molecular flexibility index (Phi) is 5.56. The highest BCUT2D eigenvalue weighted by atomic mass is 32.1. The Labute approximate surface area is 152 Å². The molecule has 1 amide bonds. The van der Waals surface area contributed by atoms with Crippen molar-refractivity contribution >= 4 is 22.9 Å². The molecule has 0 saturated carbocycles. The van der Waals surface area contributed by atoms with Gasteiger partial charge >= 0.3 is 0 Å². The van der Waals surface area contributed by atoms with E-state index in [1.165, 1.54) is 0 Å². The Balaban J connectivity index is 1.65. The van der Waals surface area contributed by atoms with E-state index in [9.17, 15) is 4.79 Å². The molecule has 5 heteroatoms. The van der Waals surface area contributed by atoms with Crippen molar-refractivity contribution in [2.75, 3.05) is 11.4 Å². The molecular weight excluding hydrogens is 330 g/mol. The molecule has 1 aromatic carbocycles. The highest BCUT2D eigenvalue weighted by Gasteiger charge is 2.15. The van der Waals surface area contributed by atoms with Crippen LogP contribution >= 0.6 is 11.3 Å². The van der Waals surface area contributed by atoms with Crippen LogP contribution in [0.4, 0.5) is 5.69 Å². The molecule has 0 N–H and O–H groups in total. The smallest absolute Gasteiger partial charge is 0.227 e. The number of amides is 1. The van der Waals surface area contributed by atoms with Crippen molar-refractivity contribution < 1.29 is 4.79 Å². The normalized spacial score (nSPS) is 10.6. The largest absolute Gasteiger partial charge is 0.313 e. The minimum Gasteiger partial charge on any atom is -0.313 e. The minimum absolute atomic E-state index is 0.131. The van der Waals surface area contributed by atoms with E-state index in [0.717, 1.165) is 27.5 Å². The fourth-order valence-corrected chi connectivity index (χ4v) is 3.58. The number of rotatable bonds is 6. The van der Waals surface area contributed by atoms with Crippen molar-refractivity contribution in [3.63, 3.8) is 0 Å². The maximum Gasteiger partial charge on any atom is 0.227 e. The van der Waals surface area contributed by atoms with Crippen molar-refractivity contribution in [1.82, 2.24) is 9.97 Å². The summed E-state index contributed by atoms with van der Waals surface area (Å²) >= 11 is 1.60. The highest BCUT2D eigenvalue weighted by molar-refractivity contribution is 7.13. The summed E-state index contributed by atoms with van der Waals surface area (Å²) in [7, 11) is 0. The first-order chi connectivity index (χ1) is 12.2. The first kappa shape index (κ1) is 17.3. The molecule has 0 saturated heterocycles. The van der Waals surface area contributed by atoms with Gasteiger partial charge in [-0.3, -0.25) is 9.78 Å². The van der Waals surface area contributed by atoms with E-state index in [4.69, 9.17) is 0 Å². The van der Waals surface area contributed by atoms with Gasteiger partial charge in [-0.15, -0.1) is 11.3 Å². The average molecular weight is 351 g/mol. The first-order valence-electron chi connectivity index (χ1n) is 8.39. The van der Waals surface area contributed by atoms with Gasteiger partial charge in [-0.25, -0.2) is 4.98 Å². The molecule has 0 aliphatic heterocycles. The van der Waals surface area contributed by atoms with Crippen LogP contribution in [0.25, 0.3) is 10.6 Å². The van der Waals surface area contributed by atoms with Gasteiger partial charge in [0.15, 0.2) is 0 Å². The molecule has 2 heterocycles. The molecule has 0 unspecified atom stereocenters. The fourth-order valence-electron chi connectivity index (χ4n) is 2.72. The van der Waals surface area contributed by atoms with E-state index in [1.807, 2.05) is 60.5 Å². The molecule has 2 aromatic heterocycles. The van der Waals surface area contributed by atoms with Gasteiger partial charge in [0.25, 0.3) is 0 Å². The predicted molar refractivity (Wildman–Crippen MR) is 103 cm³/mol. The highest BCUT2D eigenvalue weighted by Crippen LogP contribution is 2.24. The van der Waals surface area contributed by atoms with Crippen molar-refractivity contribution in [3.8, 4) is 10.6 Å². The van der Waals surface area contributed by atoms with Crippen LogP contribution in [0, 0.1) is 6.92 Å². The molecule has 0 spiro atoms. The Morgan fingerprint density at radius 3 is 2.72 bits per heavy atom. The van der Waals surface area contributed by atoms with Crippen molar-refractivity contribution in [2.45, 2.75) is 26.7 Å². The number of carbonyl (C=O) groups is 1. The number of nitrogens with zero attached hydrogens (tertiary/aromatic N) is 3. The zero-order valence-electron chi connectivity index (χ0n) is 14.5. The Hall–Kier alpha value is -2.53. The zero-order chi connectivity index (χ0) is 17.6. The van der Waals surface area contributed by atoms with Gasteiger partial charge in [0.05, 0.1) is 5.69 Å². The van der Waals surface area contributed by atoms with Gasteiger partial charge in [0.2, 0.25) is 5.91 Å². The third kappa shape index (κ3) is 4.31. The Morgan fingerprint density at radius 2 is 2.00 bits per heavy atom. The molecule has 0 aliphatic rings. The monoisotopic (exact) mass is 351 g/mol. The summed E-state index contributed by atoms with van der Waals surface area (Å²) in [5.74, 6) is 0.131. The molecule has 0 bridgehead atoms. The number of aryl methyl sites for hydroxylation is 2. The molecular formula is C20H21N3OS. The maximum atomic E-state index is 12.6. The minimum atomic E-state index is 0.131. The average Bonchev–Trinajstić information content (AvgIpc) is 3.10. The topological polar surface area (TPSA) is 46.1 Å². The van der Waals surface area contributed by atoms with Crippen LogP contribution in [0.2, 0.25) is 0 Å². The fraction of sp³-hybridized carbons (Fsp3) is 0.250. The van der Waals surface area contributed by atoms with Gasteiger partial charge in [-0.2, -0.15) is 0 Å². The van der Waals surface area contributed by atoms with Crippen LogP contribution < -0.4 is 4.90 Å². The second-order valence-electron chi connectivity index (χ2n) is 5.86. The summed E-state index contributed by atoms with van der Waals surface area (Å²) in [6, 6.07) is 12.0. The second-order valence-corrected chi connectivity index (χ2v) is 6.71. The number of aromatic nitrogens is 2. The van der Waals surface area contributed by atoms with Crippen LogP contribution in [-0.2, 0) is 11.2 Å². The van der Waals surface area contributed by atoms with Crippen LogP contribution in [0.15, 0.2) is 54.2 Å². The molecule has 0 aliphatic carbocycles. The lowest BCUT2D eigenvalue weighted by Crippen LogP contribution is -2.30. The molecule has 4 nitrogen and oxygen atoms in total. The summed E-state index contributed by atoms with van der Waals surface area (Å²) in [6.45, 7) is 4.71. The summed E-state index contributed by atoms with van der Waals surface area (Å²) in [4.78, 5) is 23.1. The quantitative estimate of drug-likeness (QED) is 0.657. The third-order valence-corrected chi connectivity index (χ3v) is 4.94. The number of anilines is 1. The van der Waals surface area contributed by atoms with E-state index in [2.05, 4.69) is 9.97 Å². The van der Waals surface area contributed by atoms with Gasteiger partial charge in [0.1, 0.15) is 5.01 Å². The number of hydrogen-bond donors (Lipinski definition) is 0. The van der Waals surface area contributed by atoms with E-state index in [1.54, 1.807) is 23.7 Å². The Bertz CT molecular complexity index is 845. The standard InChI is InChI=1S/C20H21N3OS/c1-3-23(18-6-4-5-15(2)13-18)19(24)8-7-17-14-25-20(22-17)16-9-11-21-12-10-16/h4-6,9-14H,3,7-8H2,1-2H3. The van der Waals surface area contributed by atoms with Gasteiger partial charge in [0, 0.05) is 42.0 Å². The summed E-state index contributed by atoms with van der Waals surface area (Å²) in [5.41, 5.74) is 4.14. The van der Waals surface area contributed by atoms with Crippen LogP contribution in [0.5, 0.6) is 0 Å². The molecule has 0 radical (unpaired) electrons. The zero-order valence-corrected chi connectivity index (χ0v) is 15.3. The number of carbonyl (C=O) groups excluding carboxylic acids is 1. The van der Waals surface area contributed by atoms with Gasteiger partial charge < -0.3 is 4.90 Å². The van der Waals surface area contributed by atoms with Crippen LogP contribution in [-0.4, -0.2) is 22.4 Å². The molecule has 3 aromatic rings. The molecule has 0 fully saturated rings. The summed E-state index contributed by atoms with van der Waals surface area (Å²) in [6.07, 6.45) is 4.64. The van der Waals surface area contributed by atoms with Crippen molar-refractivity contribution in [2.24, 2.45) is 0 Å². The van der Waals surface area contributed by atoms with Crippen LogP contribution in [0.1, 0.15) is 24.6 Å². The molecule has 25 heavy (non-hydrogen) atoms. The molecule has 128 valence electrons. The summed E-state index contributed by atoms with van der Waals surface area (Å²) < 4.78 is 0. The lowest BCUT2D eigenvalue weighted by atomic mass is 10.2. The van der Waals surface area contributed by atoms with E-state index in [0.29, 0.717) is 19.4 Å². The SMILES string of the molecule is CCN(C(=O)CCc1csc(-c2ccncc2)n1)c1cccc(C)c1. The number of pyridine rings is 1.